The van der Waals surface area contributed by atoms with Gasteiger partial charge < -0.3 is 39.4 Å². The fourth-order valence-electron chi connectivity index (χ4n) is 9.28. The van der Waals surface area contributed by atoms with Gasteiger partial charge in [0.25, 0.3) is 11.8 Å². The van der Waals surface area contributed by atoms with Crippen molar-refractivity contribution in [1.82, 2.24) is 42.7 Å². The summed E-state index contributed by atoms with van der Waals surface area (Å²) in [6.07, 6.45) is 1.83. The molecular formula is C49H57N13O6. The number of primary amides is 2. The number of ether oxygens (including phenoxy) is 1. The minimum Gasteiger partial charge on any atom is -0.368 e. The maximum atomic E-state index is 14.1. The zero-order chi connectivity index (χ0) is 48.4. The van der Waals surface area contributed by atoms with Crippen LogP contribution in [0.1, 0.15) is 104 Å². The molecule has 1 aliphatic heterocycles. The summed E-state index contributed by atoms with van der Waals surface area (Å²) in [5.41, 5.74) is 18.4. The molecule has 68 heavy (non-hydrogen) atoms. The number of rotatable bonds is 16. The van der Waals surface area contributed by atoms with Gasteiger partial charge in [0.2, 0.25) is 29.0 Å². The van der Waals surface area contributed by atoms with Gasteiger partial charge in [0.15, 0.2) is 0 Å². The molecule has 0 unspecified atom stereocenters. The Morgan fingerprint density at radius 3 is 1.63 bits per heavy atom. The average molecular weight is 924 g/mol. The SMILES string of the molecule is CCn1nc(C)cc1C(=O)N=c1n(C)c2cc(C(N)=O)ccc2n1CCC(CCn1c(=NC(=O)c2cc(C)nn2CC)n(C)c2cc(C(N)=O)ccc21)OCC(=O)N1CCC[C@H]1c1ccccc1. The molecule has 1 aliphatic rings. The van der Waals surface area contributed by atoms with E-state index in [1.54, 1.807) is 81.1 Å². The van der Waals surface area contributed by atoms with Crippen molar-refractivity contribution in [3.63, 3.8) is 0 Å². The third kappa shape index (κ3) is 9.33. The molecule has 1 atom stereocenters. The van der Waals surface area contributed by atoms with E-state index in [4.69, 9.17) is 16.2 Å². The Morgan fingerprint density at radius 1 is 0.691 bits per heavy atom. The van der Waals surface area contributed by atoms with Gasteiger partial charge in [-0.3, -0.25) is 33.3 Å². The molecule has 1 saturated heterocycles. The number of nitrogens with zero attached hydrogens (tertiary/aromatic N) is 11. The summed E-state index contributed by atoms with van der Waals surface area (Å²) in [5, 5.41) is 8.90. The van der Waals surface area contributed by atoms with E-state index in [0.717, 1.165) is 18.4 Å². The lowest BCUT2D eigenvalue weighted by molar-refractivity contribution is -0.139. The third-order valence-electron chi connectivity index (χ3n) is 12.7. The largest absolute Gasteiger partial charge is 0.368 e. The molecule has 3 aromatic carbocycles. The van der Waals surface area contributed by atoms with Crippen LogP contribution < -0.4 is 22.7 Å². The van der Waals surface area contributed by atoms with Crippen LogP contribution in [0, 0.1) is 13.8 Å². The smallest absolute Gasteiger partial charge is 0.298 e. The highest BCUT2D eigenvalue weighted by atomic mass is 16.5. The van der Waals surface area contributed by atoms with Gasteiger partial charge in [-0.05, 0) is 107 Å². The monoisotopic (exact) mass is 923 g/mol. The molecule has 0 bridgehead atoms. The highest BCUT2D eigenvalue weighted by Gasteiger charge is 2.31. The highest BCUT2D eigenvalue weighted by molar-refractivity contribution is 5.98. The minimum absolute atomic E-state index is 0.0668. The van der Waals surface area contributed by atoms with Crippen LogP contribution in [-0.2, 0) is 49.8 Å². The zero-order valence-corrected chi connectivity index (χ0v) is 39.3. The second kappa shape index (κ2) is 19.7. The Labute approximate surface area is 391 Å². The van der Waals surface area contributed by atoms with E-state index in [2.05, 4.69) is 20.2 Å². The number of carbonyl (C=O) groups is 5. The molecule has 5 amide bonds. The summed E-state index contributed by atoms with van der Waals surface area (Å²) in [5.74, 6) is -2.32. The summed E-state index contributed by atoms with van der Waals surface area (Å²) >= 11 is 0. The first-order valence-corrected chi connectivity index (χ1v) is 22.9. The van der Waals surface area contributed by atoms with Gasteiger partial charge in [0.1, 0.15) is 18.0 Å². The van der Waals surface area contributed by atoms with Crippen LogP contribution in [0.25, 0.3) is 22.1 Å². The normalized spacial score (nSPS) is 15.0. The fourth-order valence-corrected chi connectivity index (χ4v) is 9.28. The van der Waals surface area contributed by atoms with Gasteiger partial charge in [-0.25, -0.2) is 0 Å². The van der Waals surface area contributed by atoms with Crippen LogP contribution in [0.4, 0.5) is 0 Å². The van der Waals surface area contributed by atoms with Crippen molar-refractivity contribution in [1.29, 1.82) is 0 Å². The van der Waals surface area contributed by atoms with Gasteiger partial charge in [-0.1, -0.05) is 30.3 Å². The number of benzene rings is 3. The van der Waals surface area contributed by atoms with E-state index >= 15 is 0 Å². The Bertz CT molecular complexity index is 3060. The predicted molar refractivity (Wildman–Crippen MR) is 253 cm³/mol. The van der Waals surface area contributed by atoms with Gasteiger partial charge in [0, 0.05) is 57.9 Å². The maximum Gasteiger partial charge on any atom is 0.298 e. The van der Waals surface area contributed by atoms with Gasteiger partial charge in [-0.15, -0.1) is 0 Å². The van der Waals surface area contributed by atoms with Crippen molar-refractivity contribution in [2.45, 2.75) is 91.7 Å². The molecule has 0 aliphatic carbocycles. The molecule has 0 spiro atoms. The number of hydrogen-bond donors (Lipinski definition) is 2. The van der Waals surface area contributed by atoms with Crippen molar-refractivity contribution < 1.29 is 28.7 Å². The van der Waals surface area contributed by atoms with E-state index in [-0.39, 0.29) is 31.6 Å². The Hall–Kier alpha value is -7.67. The Balaban J connectivity index is 1.18. The van der Waals surface area contributed by atoms with Gasteiger partial charge in [0.05, 0.1) is 45.6 Å². The molecule has 5 heterocycles. The lowest BCUT2D eigenvalue weighted by atomic mass is 10.0. The number of fused-ring (bicyclic) bond motifs is 2. The average Bonchev–Trinajstić information content (AvgIpc) is 4.16. The van der Waals surface area contributed by atoms with Crippen LogP contribution in [0.5, 0.6) is 0 Å². The van der Waals surface area contributed by atoms with Crippen LogP contribution in [0.15, 0.2) is 88.8 Å². The quantitative estimate of drug-likeness (QED) is 0.142. The molecule has 354 valence electrons. The lowest BCUT2D eigenvalue weighted by Gasteiger charge is -2.26. The summed E-state index contributed by atoms with van der Waals surface area (Å²) in [7, 11) is 3.54. The summed E-state index contributed by atoms with van der Waals surface area (Å²) < 4.78 is 17.2. The lowest BCUT2D eigenvalue weighted by Crippen LogP contribution is -2.36. The van der Waals surface area contributed by atoms with Crippen LogP contribution >= 0.6 is 0 Å². The molecule has 4 N–H and O–H groups in total. The standard InChI is InChI=1S/C49H57N13O6/c1-7-61-41(25-30(3)54-61)46(66)52-48-56(5)39-27-33(44(50)64)16-18-37(39)59(48)23-20-35(68-29-43(63)58-22-12-15-36(58)32-13-10-9-11-14-32)21-24-60-38-19-17-34(45(51)65)28-40(38)57(6)49(60)53-47(67)42-26-31(4)55-62(42)8-2/h9-11,13-14,16-19,25-28,35-36H,7-8,12,15,20-24,29H2,1-6H3,(H2,50,64)(H2,51,65)/t35?,36-/m0/s1. The van der Waals surface area contributed by atoms with E-state index in [9.17, 15) is 24.0 Å². The van der Waals surface area contributed by atoms with Crippen LogP contribution in [0.2, 0.25) is 0 Å². The Kier molecular flexibility index (Phi) is 13.5. The van der Waals surface area contributed by atoms with Crippen LogP contribution in [-0.4, -0.2) is 91.5 Å². The number of aromatic nitrogens is 8. The molecule has 19 heteroatoms. The molecular weight excluding hydrogens is 867 g/mol. The first kappa shape index (κ1) is 46.8. The zero-order valence-electron chi connectivity index (χ0n) is 39.3. The number of carbonyl (C=O) groups excluding carboxylic acids is 5. The number of nitrogens with two attached hydrogens (primary N) is 2. The number of likely N-dealkylation sites (tertiary alicyclic amines) is 1. The molecule has 4 aromatic heterocycles. The van der Waals surface area contributed by atoms with Gasteiger partial charge in [-0.2, -0.15) is 20.2 Å². The van der Waals surface area contributed by atoms with E-state index in [1.807, 2.05) is 72.1 Å². The minimum atomic E-state index is -0.599. The topological polar surface area (TPSA) is 230 Å². The molecule has 19 nitrogen and oxygen atoms in total. The summed E-state index contributed by atoms with van der Waals surface area (Å²) in [4.78, 5) is 77.9. The van der Waals surface area contributed by atoms with E-state index < -0.39 is 29.7 Å². The second-order valence-corrected chi connectivity index (χ2v) is 17.1. The third-order valence-corrected chi connectivity index (χ3v) is 12.7. The van der Waals surface area contributed by atoms with E-state index in [1.165, 1.54) is 0 Å². The van der Waals surface area contributed by atoms with Crippen molar-refractivity contribution in [3.8, 4) is 0 Å². The van der Waals surface area contributed by atoms with Gasteiger partial charge >= 0.3 is 0 Å². The summed E-state index contributed by atoms with van der Waals surface area (Å²) in [6, 6.07) is 23.5. The van der Waals surface area contributed by atoms with Crippen molar-refractivity contribution in [2.75, 3.05) is 13.2 Å². The predicted octanol–water partition coefficient (Wildman–Crippen LogP) is 4.23. The first-order valence-electron chi connectivity index (χ1n) is 22.9. The highest BCUT2D eigenvalue weighted by Crippen LogP contribution is 2.32. The number of imidazole rings is 2. The molecule has 0 saturated carbocycles. The van der Waals surface area contributed by atoms with E-state index in [0.29, 0.717) is 99.7 Å². The number of hydrogen-bond acceptors (Lipinski definition) is 8. The maximum absolute atomic E-state index is 14.1. The Morgan fingerprint density at radius 2 is 1.18 bits per heavy atom. The molecule has 8 rings (SSSR count). The van der Waals surface area contributed by atoms with Crippen molar-refractivity contribution in [3.05, 3.63) is 130 Å². The van der Waals surface area contributed by atoms with Crippen LogP contribution in [0.3, 0.4) is 0 Å². The second-order valence-electron chi connectivity index (χ2n) is 17.1. The first-order chi connectivity index (χ1) is 32.7. The molecule has 0 radical (unpaired) electrons. The molecule has 1 fully saturated rings. The number of aryl methyl sites for hydroxylation is 8. The van der Waals surface area contributed by atoms with Crippen molar-refractivity contribution >= 4 is 51.6 Å². The summed E-state index contributed by atoms with van der Waals surface area (Å²) in [6.45, 7) is 9.33. The molecule has 7 aromatic rings. The number of amides is 5. The fraction of sp³-hybridized carbons (Fsp3) is 0.367. The van der Waals surface area contributed by atoms with Crippen molar-refractivity contribution in [2.24, 2.45) is 35.5 Å².